The van der Waals surface area contributed by atoms with Crippen LogP contribution in [-0.2, 0) is 11.2 Å². The lowest BCUT2D eigenvalue weighted by Gasteiger charge is -2.15. The van der Waals surface area contributed by atoms with Crippen molar-refractivity contribution < 1.29 is 9.72 Å². The number of nitrogens with zero attached hydrogens (tertiary/aromatic N) is 3. The Labute approximate surface area is 138 Å². The lowest BCUT2D eigenvalue weighted by Crippen LogP contribution is -2.25. The number of carbonyl (C=O) groups is 1. The zero-order chi connectivity index (χ0) is 17.3. The fourth-order valence-corrected chi connectivity index (χ4v) is 2.82. The first-order chi connectivity index (χ1) is 11.5. The Balaban J connectivity index is 1.92. The van der Waals surface area contributed by atoms with E-state index in [1.54, 1.807) is 11.0 Å². The van der Waals surface area contributed by atoms with Gasteiger partial charge in [-0.2, -0.15) is 5.26 Å². The zero-order valence-corrected chi connectivity index (χ0v) is 12.9. The van der Waals surface area contributed by atoms with Crippen molar-refractivity contribution in [1.29, 1.82) is 5.26 Å². The van der Waals surface area contributed by atoms with Gasteiger partial charge in [0.15, 0.2) is 0 Å². The second-order valence-corrected chi connectivity index (χ2v) is 5.49. The van der Waals surface area contributed by atoms with E-state index in [0.717, 1.165) is 17.7 Å². The van der Waals surface area contributed by atoms with Gasteiger partial charge < -0.3 is 10.2 Å². The Morgan fingerprint density at radius 3 is 2.79 bits per heavy atom. The van der Waals surface area contributed by atoms with Gasteiger partial charge in [-0.05, 0) is 42.3 Å². The number of amides is 1. The molecule has 0 saturated heterocycles. The molecule has 0 spiro atoms. The lowest BCUT2D eigenvalue weighted by atomic mass is 10.1. The number of carbonyl (C=O) groups excluding carboxylic acids is 1. The van der Waals surface area contributed by atoms with Gasteiger partial charge in [0.05, 0.1) is 16.6 Å². The maximum atomic E-state index is 11.6. The first-order valence-electron chi connectivity index (χ1n) is 7.36. The largest absolute Gasteiger partial charge is 0.350 e. The van der Waals surface area contributed by atoms with E-state index in [4.69, 9.17) is 5.26 Å². The molecule has 3 rings (SSSR count). The van der Waals surface area contributed by atoms with E-state index in [0.29, 0.717) is 17.9 Å². The molecule has 0 aliphatic carbocycles. The lowest BCUT2D eigenvalue weighted by molar-refractivity contribution is -0.383. The Bertz CT molecular complexity index is 886. The van der Waals surface area contributed by atoms with Crippen molar-refractivity contribution in [1.82, 2.24) is 0 Å². The predicted molar refractivity (Wildman–Crippen MR) is 89.3 cm³/mol. The SMILES string of the molecule is CC(=O)N1CCc2cc(Nc3ccc(C#N)cc3[N+](=O)[O-])ccc21. The van der Waals surface area contributed by atoms with Gasteiger partial charge in [-0.3, -0.25) is 14.9 Å². The maximum Gasteiger partial charge on any atom is 0.293 e. The molecule has 2 aromatic rings. The summed E-state index contributed by atoms with van der Waals surface area (Å²) in [6.07, 6.45) is 0.750. The molecule has 0 radical (unpaired) electrons. The van der Waals surface area contributed by atoms with Crippen LogP contribution in [0.25, 0.3) is 0 Å². The Kier molecular flexibility index (Phi) is 3.88. The summed E-state index contributed by atoms with van der Waals surface area (Å²) in [5.74, 6) is -0.00260. The van der Waals surface area contributed by atoms with Crippen molar-refractivity contribution >= 4 is 28.7 Å². The van der Waals surface area contributed by atoms with Crippen molar-refractivity contribution in [3.63, 3.8) is 0 Å². The van der Waals surface area contributed by atoms with Crippen molar-refractivity contribution in [3.8, 4) is 6.07 Å². The number of benzene rings is 2. The highest BCUT2D eigenvalue weighted by Crippen LogP contribution is 2.33. The summed E-state index contributed by atoms with van der Waals surface area (Å²) in [5.41, 5.74) is 3.00. The van der Waals surface area contributed by atoms with Crippen LogP contribution in [0.3, 0.4) is 0 Å². The van der Waals surface area contributed by atoms with E-state index in [-0.39, 0.29) is 17.2 Å². The van der Waals surface area contributed by atoms with Crippen LogP contribution in [0.4, 0.5) is 22.7 Å². The highest BCUT2D eigenvalue weighted by Gasteiger charge is 2.22. The fraction of sp³-hybridized carbons (Fsp3) is 0.176. The first kappa shape index (κ1) is 15.5. The third-order valence-electron chi connectivity index (χ3n) is 3.96. The zero-order valence-electron chi connectivity index (χ0n) is 12.9. The number of hydrogen-bond acceptors (Lipinski definition) is 5. The van der Waals surface area contributed by atoms with Crippen LogP contribution < -0.4 is 10.2 Å². The molecule has 7 heteroatoms. The van der Waals surface area contributed by atoms with Crippen LogP contribution >= 0.6 is 0 Å². The molecule has 0 bridgehead atoms. The van der Waals surface area contributed by atoms with Crippen molar-refractivity contribution in [2.24, 2.45) is 0 Å². The molecule has 2 aromatic carbocycles. The number of nitro groups is 1. The number of anilines is 3. The van der Waals surface area contributed by atoms with Crippen LogP contribution in [0, 0.1) is 21.4 Å². The molecule has 0 aromatic heterocycles. The number of hydrogen-bond donors (Lipinski definition) is 1. The molecule has 1 amide bonds. The molecule has 0 unspecified atom stereocenters. The van der Waals surface area contributed by atoms with Gasteiger partial charge in [0.25, 0.3) is 5.69 Å². The molecule has 1 heterocycles. The number of rotatable bonds is 3. The molecule has 1 aliphatic rings. The van der Waals surface area contributed by atoms with Gasteiger partial charge in [0, 0.05) is 30.9 Å². The molecule has 24 heavy (non-hydrogen) atoms. The predicted octanol–water partition coefficient (Wildman–Crippen LogP) is 3.12. The average molecular weight is 322 g/mol. The summed E-state index contributed by atoms with van der Waals surface area (Å²) < 4.78 is 0. The Hall–Kier alpha value is -3.40. The summed E-state index contributed by atoms with van der Waals surface area (Å²) in [5, 5.41) is 23.1. The maximum absolute atomic E-state index is 11.6. The van der Waals surface area contributed by atoms with E-state index in [2.05, 4.69) is 5.32 Å². The van der Waals surface area contributed by atoms with Gasteiger partial charge in [0.2, 0.25) is 5.91 Å². The molecule has 0 fully saturated rings. The highest BCUT2D eigenvalue weighted by atomic mass is 16.6. The third kappa shape index (κ3) is 2.77. The number of fused-ring (bicyclic) bond motifs is 1. The van der Waals surface area contributed by atoms with Crippen molar-refractivity contribution in [3.05, 3.63) is 57.6 Å². The van der Waals surface area contributed by atoms with E-state index in [1.807, 2.05) is 18.2 Å². The Morgan fingerprint density at radius 1 is 1.33 bits per heavy atom. The summed E-state index contributed by atoms with van der Waals surface area (Å²) in [4.78, 5) is 24.0. The molecule has 0 atom stereocenters. The molecular weight excluding hydrogens is 308 g/mol. The minimum atomic E-state index is -0.520. The van der Waals surface area contributed by atoms with E-state index >= 15 is 0 Å². The standard InChI is InChI=1S/C17H14N4O3/c1-11(22)20-7-6-13-9-14(3-5-16(13)20)19-15-4-2-12(10-18)8-17(15)21(23)24/h2-5,8-9,19H,6-7H2,1H3. The van der Waals surface area contributed by atoms with Gasteiger partial charge in [-0.15, -0.1) is 0 Å². The van der Waals surface area contributed by atoms with Crippen LogP contribution in [0.2, 0.25) is 0 Å². The second kappa shape index (κ2) is 6.01. The minimum absolute atomic E-state index is 0.00260. The molecule has 0 saturated carbocycles. The van der Waals surface area contributed by atoms with Gasteiger partial charge in [0.1, 0.15) is 5.69 Å². The molecule has 1 N–H and O–H groups in total. The van der Waals surface area contributed by atoms with E-state index in [9.17, 15) is 14.9 Å². The van der Waals surface area contributed by atoms with Gasteiger partial charge in [-0.1, -0.05) is 0 Å². The highest BCUT2D eigenvalue weighted by molar-refractivity contribution is 5.94. The number of nitro benzene ring substituents is 1. The summed E-state index contributed by atoms with van der Waals surface area (Å²) in [7, 11) is 0. The first-order valence-corrected chi connectivity index (χ1v) is 7.36. The van der Waals surface area contributed by atoms with Crippen molar-refractivity contribution in [2.75, 3.05) is 16.8 Å². The fourth-order valence-electron chi connectivity index (χ4n) is 2.82. The number of nitrogens with one attached hydrogen (secondary N) is 1. The molecule has 1 aliphatic heterocycles. The Morgan fingerprint density at radius 2 is 2.12 bits per heavy atom. The molecular formula is C17H14N4O3. The molecule has 120 valence electrons. The van der Waals surface area contributed by atoms with Gasteiger partial charge >= 0.3 is 0 Å². The second-order valence-electron chi connectivity index (χ2n) is 5.49. The normalized spacial score (nSPS) is 12.4. The summed E-state index contributed by atoms with van der Waals surface area (Å²) in [6, 6.07) is 11.7. The van der Waals surface area contributed by atoms with Crippen LogP contribution in [0.15, 0.2) is 36.4 Å². The third-order valence-corrected chi connectivity index (χ3v) is 3.96. The van der Waals surface area contributed by atoms with Crippen molar-refractivity contribution in [2.45, 2.75) is 13.3 Å². The van der Waals surface area contributed by atoms with E-state index < -0.39 is 4.92 Å². The van der Waals surface area contributed by atoms with Crippen LogP contribution in [0.5, 0.6) is 0 Å². The minimum Gasteiger partial charge on any atom is -0.350 e. The van der Waals surface area contributed by atoms with Crippen LogP contribution in [-0.4, -0.2) is 17.4 Å². The quantitative estimate of drug-likeness (QED) is 0.691. The summed E-state index contributed by atoms with van der Waals surface area (Å²) in [6.45, 7) is 2.17. The number of nitriles is 1. The smallest absolute Gasteiger partial charge is 0.293 e. The van der Waals surface area contributed by atoms with Gasteiger partial charge in [-0.25, -0.2) is 0 Å². The monoisotopic (exact) mass is 322 g/mol. The molecule has 7 nitrogen and oxygen atoms in total. The van der Waals surface area contributed by atoms with Crippen LogP contribution in [0.1, 0.15) is 18.1 Å². The average Bonchev–Trinajstić information content (AvgIpc) is 2.98. The van der Waals surface area contributed by atoms with E-state index in [1.165, 1.54) is 25.1 Å². The summed E-state index contributed by atoms with van der Waals surface area (Å²) >= 11 is 0. The topological polar surface area (TPSA) is 99.3 Å².